The summed E-state index contributed by atoms with van der Waals surface area (Å²) in [7, 11) is 4.22. The van der Waals surface area contributed by atoms with Crippen molar-refractivity contribution in [3.63, 3.8) is 0 Å². The van der Waals surface area contributed by atoms with Gasteiger partial charge in [0.15, 0.2) is 0 Å². The van der Waals surface area contributed by atoms with Crippen molar-refractivity contribution in [2.75, 3.05) is 32.5 Å². The van der Waals surface area contributed by atoms with Crippen LogP contribution in [0.25, 0.3) is 10.2 Å². The highest BCUT2D eigenvalue weighted by molar-refractivity contribution is 7.19. The standard InChI is InChI=1S/C19H29N5OS/c1-5-14(7-6-9-23(3)4)22-18-17-15-11-24(13(2)25)10-8-16(15)26-19(17)21-12-20-18/h12,14H,5-11H2,1-4H3,(H,20,21,22). The van der Waals surface area contributed by atoms with E-state index >= 15 is 0 Å². The molecule has 1 atom stereocenters. The van der Waals surface area contributed by atoms with Crippen LogP contribution in [0, 0.1) is 0 Å². The van der Waals surface area contributed by atoms with Gasteiger partial charge < -0.3 is 15.1 Å². The molecule has 1 unspecified atom stereocenters. The van der Waals surface area contributed by atoms with Gasteiger partial charge in [-0.05, 0) is 51.9 Å². The Balaban J connectivity index is 1.84. The molecule has 0 saturated heterocycles. The summed E-state index contributed by atoms with van der Waals surface area (Å²) in [5.41, 5.74) is 1.23. The minimum atomic E-state index is 0.136. The molecule has 1 N–H and O–H groups in total. The number of rotatable bonds is 7. The van der Waals surface area contributed by atoms with E-state index in [0.29, 0.717) is 12.6 Å². The largest absolute Gasteiger partial charge is 0.367 e. The molecule has 2 aromatic heterocycles. The fourth-order valence-electron chi connectivity index (χ4n) is 3.52. The van der Waals surface area contributed by atoms with E-state index in [2.05, 4.69) is 41.2 Å². The molecule has 3 heterocycles. The first-order valence-corrected chi connectivity index (χ1v) is 10.2. The zero-order chi connectivity index (χ0) is 18.7. The first-order chi connectivity index (χ1) is 12.5. The molecule has 0 aromatic carbocycles. The Labute approximate surface area is 159 Å². The molecule has 6 nitrogen and oxygen atoms in total. The number of amides is 1. The van der Waals surface area contributed by atoms with Crippen LogP contribution in [0.15, 0.2) is 6.33 Å². The summed E-state index contributed by atoms with van der Waals surface area (Å²) in [6.07, 6.45) is 5.90. The van der Waals surface area contributed by atoms with E-state index in [1.165, 1.54) is 10.4 Å². The summed E-state index contributed by atoms with van der Waals surface area (Å²) in [5, 5.41) is 4.77. The van der Waals surface area contributed by atoms with Gasteiger partial charge in [-0.25, -0.2) is 9.97 Å². The Morgan fingerprint density at radius 2 is 2.23 bits per heavy atom. The minimum absolute atomic E-state index is 0.136. The predicted molar refractivity (Wildman–Crippen MR) is 108 cm³/mol. The molecule has 3 rings (SSSR count). The topological polar surface area (TPSA) is 61.4 Å². The SMILES string of the molecule is CCC(CCCN(C)C)Nc1ncnc2sc3c(c12)CN(C(C)=O)CC3. The number of anilines is 1. The third-order valence-corrected chi connectivity index (χ3v) is 6.27. The summed E-state index contributed by atoms with van der Waals surface area (Å²) in [6.45, 7) is 6.43. The van der Waals surface area contributed by atoms with Gasteiger partial charge in [-0.15, -0.1) is 11.3 Å². The highest BCUT2D eigenvalue weighted by Gasteiger charge is 2.25. The molecule has 0 fully saturated rings. The quantitative estimate of drug-likeness (QED) is 0.806. The van der Waals surface area contributed by atoms with E-state index in [9.17, 15) is 4.79 Å². The Morgan fingerprint density at radius 3 is 2.92 bits per heavy atom. The van der Waals surface area contributed by atoms with Crippen molar-refractivity contribution < 1.29 is 4.79 Å². The second-order valence-electron chi connectivity index (χ2n) is 7.29. The normalized spacial score (nSPS) is 15.3. The summed E-state index contributed by atoms with van der Waals surface area (Å²) in [5.74, 6) is 1.06. The van der Waals surface area contributed by atoms with Crippen LogP contribution >= 0.6 is 11.3 Å². The molecule has 0 saturated carbocycles. The third kappa shape index (κ3) is 4.15. The lowest BCUT2D eigenvalue weighted by Gasteiger charge is -2.26. The van der Waals surface area contributed by atoms with Crippen LogP contribution in [0.1, 0.15) is 43.6 Å². The van der Waals surface area contributed by atoms with Gasteiger partial charge in [0, 0.05) is 30.9 Å². The summed E-state index contributed by atoms with van der Waals surface area (Å²) < 4.78 is 0. The second-order valence-corrected chi connectivity index (χ2v) is 8.38. The van der Waals surface area contributed by atoms with E-state index in [1.54, 1.807) is 24.6 Å². The second kappa shape index (κ2) is 8.31. The molecule has 26 heavy (non-hydrogen) atoms. The molecule has 2 aromatic rings. The Kier molecular flexibility index (Phi) is 6.09. The van der Waals surface area contributed by atoms with Crippen molar-refractivity contribution in [2.45, 2.75) is 52.1 Å². The summed E-state index contributed by atoms with van der Waals surface area (Å²) in [6, 6.07) is 0.399. The van der Waals surface area contributed by atoms with Crippen LogP contribution in [-0.4, -0.2) is 58.9 Å². The number of nitrogens with zero attached hydrogens (tertiary/aromatic N) is 4. The van der Waals surface area contributed by atoms with E-state index < -0.39 is 0 Å². The lowest BCUT2D eigenvalue weighted by Crippen LogP contribution is -2.33. The summed E-state index contributed by atoms with van der Waals surface area (Å²) >= 11 is 1.75. The molecule has 1 amide bonds. The van der Waals surface area contributed by atoms with Gasteiger partial charge in [-0.2, -0.15) is 0 Å². The first kappa shape index (κ1) is 19.0. The van der Waals surface area contributed by atoms with Gasteiger partial charge in [0.1, 0.15) is 17.0 Å². The molecule has 0 spiro atoms. The van der Waals surface area contributed by atoms with Crippen molar-refractivity contribution in [1.82, 2.24) is 19.8 Å². The van der Waals surface area contributed by atoms with Crippen molar-refractivity contribution in [2.24, 2.45) is 0 Å². The predicted octanol–water partition coefficient (Wildman–Crippen LogP) is 3.13. The highest BCUT2D eigenvalue weighted by Crippen LogP contribution is 2.37. The number of thiophene rings is 1. The number of aromatic nitrogens is 2. The first-order valence-electron chi connectivity index (χ1n) is 9.41. The number of hydrogen-bond acceptors (Lipinski definition) is 6. The number of carbonyl (C=O) groups excluding carboxylic acids is 1. The maximum absolute atomic E-state index is 11.8. The van der Waals surface area contributed by atoms with E-state index in [0.717, 1.165) is 54.8 Å². The van der Waals surface area contributed by atoms with Gasteiger partial charge in [-0.3, -0.25) is 4.79 Å². The van der Waals surface area contributed by atoms with Gasteiger partial charge in [-0.1, -0.05) is 6.92 Å². The molecule has 0 aliphatic carbocycles. The van der Waals surface area contributed by atoms with Crippen molar-refractivity contribution >= 4 is 33.3 Å². The smallest absolute Gasteiger partial charge is 0.219 e. The van der Waals surface area contributed by atoms with Crippen LogP contribution in [0.3, 0.4) is 0 Å². The average molecular weight is 376 g/mol. The maximum Gasteiger partial charge on any atom is 0.219 e. The third-order valence-electron chi connectivity index (χ3n) is 5.07. The molecular formula is C19H29N5OS. The number of fused-ring (bicyclic) bond motifs is 3. The lowest BCUT2D eigenvalue weighted by atomic mass is 10.0. The van der Waals surface area contributed by atoms with Crippen LogP contribution in [-0.2, 0) is 17.8 Å². The maximum atomic E-state index is 11.8. The van der Waals surface area contributed by atoms with Crippen LogP contribution in [0.2, 0.25) is 0 Å². The number of hydrogen-bond donors (Lipinski definition) is 1. The van der Waals surface area contributed by atoms with Crippen molar-refractivity contribution in [3.05, 3.63) is 16.8 Å². The molecule has 0 radical (unpaired) electrons. The molecule has 1 aliphatic rings. The van der Waals surface area contributed by atoms with E-state index in [1.807, 2.05) is 4.90 Å². The van der Waals surface area contributed by atoms with E-state index in [-0.39, 0.29) is 5.91 Å². The Hall–Kier alpha value is -1.73. The summed E-state index contributed by atoms with van der Waals surface area (Å²) in [4.78, 5) is 27.4. The van der Waals surface area contributed by atoms with Crippen LogP contribution < -0.4 is 5.32 Å². The monoisotopic (exact) mass is 375 g/mol. The van der Waals surface area contributed by atoms with Crippen molar-refractivity contribution in [3.8, 4) is 0 Å². The highest BCUT2D eigenvalue weighted by atomic mass is 32.1. The number of carbonyl (C=O) groups is 1. The Bertz CT molecular complexity index is 773. The fraction of sp³-hybridized carbons (Fsp3) is 0.632. The van der Waals surface area contributed by atoms with E-state index in [4.69, 9.17) is 0 Å². The van der Waals surface area contributed by atoms with Gasteiger partial charge >= 0.3 is 0 Å². The zero-order valence-electron chi connectivity index (χ0n) is 16.2. The molecule has 142 valence electrons. The lowest BCUT2D eigenvalue weighted by molar-refractivity contribution is -0.129. The van der Waals surface area contributed by atoms with Gasteiger partial charge in [0.05, 0.1) is 5.39 Å². The molecule has 7 heteroatoms. The molecular weight excluding hydrogens is 346 g/mol. The minimum Gasteiger partial charge on any atom is -0.367 e. The number of nitrogens with one attached hydrogen (secondary N) is 1. The van der Waals surface area contributed by atoms with Crippen LogP contribution in [0.4, 0.5) is 5.82 Å². The van der Waals surface area contributed by atoms with Crippen LogP contribution in [0.5, 0.6) is 0 Å². The molecule has 0 bridgehead atoms. The van der Waals surface area contributed by atoms with Crippen molar-refractivity contribution in [1.29, 1.82) is 0 Å². The zero-order valence-corrected chi connectivity index (χ0v) is 17.0. The Morgan fingerprint density at radius 1 is 1.42 bits per heavy atom. The average Bonchev–Trinajstić information content (AvgIpc) is 2.99. The molecule has 1 aliphatic heterocycles. The fourth-order valence-corrected chi connectivity index (χ4v) is 4.65. The van der Waals surface area contributed by atoms with Gasteiger partial charge in [0.25, 0.3) is 0 Å². The van der Waals surface area contributed by atoms with Gasteiger partial charge in [0.2, 0.25) is 5.91 Å².